The predicted molar refractivity (Wildman–Crippen MR) is 121 cm³/mol. The van der Waals surface area contributed by atoms with Crippen LogP contribution in [0.15, 0.2) is 29.1 Å². The van der Waals surface area contributed by atoms with E-state index in [2.05, 4.69) is 12.2 Å². The molecule has 1 aliphatic carbocycles. The Morgan fingerprint density at radius 1 is 1.40 bits per heavy atom. The van der Waals surface area contributed by atoms with E-state index in [1.165, 1.54) is 9.44 Å². The summed E-state index contributed by atoms with van der Waals surface area (Å²) < 4.78 is 7.11. The molecule has 0 fully saturated rings. The quantitative estimate of drug-likeness (QED) is 0.654. The van der Waals surface area contributed by atoms with E-state index in [9.17, 15) is 9.59 Å². The number of nitrogens with zero attached hydrogens (tertiary/aromatic N) is 2. The summed E-state index contributed by atoms with van der Waals surface area (Å²) >= 11 is 1.63. The number of benzene rings is 1. The third kappa shape index (κ3) is 3.62. The molecule has 0 radical (unpaired) electrons. The van der Waals surface area contributed by atoms with Crippen molar-refractivity contribution in [3.05, 3.63) is 50.9 Å². The van der Waals surface area contributed by atoms with Gasteiger partial charge in [-0.2, -0.15) is 0 Å². The van der Waals surface area contributed by atoms with E-state index >= 15 is 0 Å². The van der Waals surface area contributed by atoms with Gasteiger partial charge in [-0.05, 0) is 63.6 Å². The minimum atomic E-state index is -0.692. The van der Waals surface area contributed by atoms with E-state index in [4.69, 9.17) is 9.72 Å². The summed E-state index contributed by atoms with van der Waals surface area (Å²) in [7, 11) is 0. The highest BCUT2D eigenvalue weighted by Crippen LogP contribution is 2.36. The lowest BCUT2D eigenvalue weighted by atomic mass is 9.89. The first-order valence-electron chi connectivity index (χ1n) is 10.5. The van der Waals surface area contributed by atoms with Crippen molar-refractivity contribution in [2.45, 2.75) is 53.0 Å². The van der Waals surface area contributed by atoms with Crippen LogP contribution < -0.4 is 15.6 Å². The van der Waals surface area contributed by atoms with Crippen molar-refractivity contribution in [2.24, 2.45) is 5.92 Å². The SMILES string of the molecule is CCOc1ccccc1NC(=O)C(C)n1c(C)nc2sc3c(c2c1=O)CCC(C)C3. The topological polar surface area (TPSA) is 73.2 Å². The van der Waals surface area contributed by atoms with E-state index < -0.39 is 6.04 Å². The van der Waals surface area contributed by atoms with Crippen LogP contribution in [-0.2, 0) is 17.6 Å². The number of thiophene rings is 1. The Hall–Kier alpha value is -2.67. The van der Waals surface area contributed by atoms with Crippen molar-refractivity contribution in [3.8, 4) is 5.75 Å². The number of anilines is 1. The molecule has 0 aliphatic heterocycles. The molecular formula is C23H27N3O3S. The lowest BCUT2D eigenvalue weighted by Gasteiger charge is -2.20. The number of hydrogen-bond donors (Lipinski definition) is 1. The highest BCUT2D eigenvalue weighted by Gasteiger charge is 2.27. The van der Waals surface area contributed by atoms with Crippen LogP contribution in [-0.4, -0.2) is 22.1 Å². The lowest BCUT2D eigenvalue weighted by molar-refractivity contribution is -0.118. The zero-order valence-electron chi connectivity index (χ0n) is 17.8. The van der Waals surface area contributed by atoms with Crippen LogP contribution >= 0.6 is 11.3 Å². The highest BCUT2D eigenvalue weighted by atomic mass is 32.1. The molecule has 1 N–H and O–H groups in total. The van der Waals surface area contributed by atoms with Gasteiger partial charge in [0.1, 0.15) is 22.4 Å². The average Bonchev–Trinajstić information content (AvgIpc) is 3.06. The smallest absolute Gasteiger partial charge is 0.263 e. The summed E-state index contributed by atoms with van der Waals surface area (Å²) in [4.78, 5) is 33.3. The van der Waals surface area contributed by atoms with Gasteiger partial charge in [-0.3, -0.25) is 14.2 Å². The molecule has 30 heavy (non-hydrogen) atoms. The van der Waals surface area contributed by atoms with E-state index in [0.717, 1.165) is 29.7 Å². The van der Waals surface area contributed by atoms with Gasteiger partial charge >= 0.3 is 0 Å². The monoisotopic (exact) mass is 425 g/mol. The fourth-order valence-corrected chi connectivity index (χ4v) is 5.58. The molecular weight excluding hydrogens is 398 g/mol. The fourth-order valence-electron chi connectivity index (χ4n) is 4.17. The van der Waals surface area contributed by atoms with Crippen molar-refractivity contribution in [3.63, 3.8) is 0 Å². The molecule has 0 spiro atoms. The maximum atomic E-state index is 13.5. The third-order valence-electron chi connectivity index (χ3n) is 5.75. The molecule has 6 nitrogen and oxygen atoms in total. The van der Waals surface area contributed by atoms with Gasteiger partial charge in [0.25, 0.3) is 5.56 Å². The van der Waals surface area contributed by atoms with Gasteiger partial charge in [0.2, 0.25) is 5.91 Å². The summed E-state index contributed by atoms with van der Waals surface area (Å²) in [5.74, 6) is 1.52. The molecule has 4 rings (SSSR count). The third-order valence-corrected chi connectivity index (χ3v) is 6.90. The maximum Gasteiger partial charge on any atom is 0.263 e. The first-order valence-corrected chi connectivity index (χ1v) is 11.3. The van der Waals surface area contributed by atoms with E-state index in [-0.39, 0.29) is 11.5 Å². The number of hydrogen-bond acceptors (Lipinski definition) is 5. The van der Waals surface area contributed by atoms with Crippen LogP contribution in [0, 0.1) is 12.8 Å². The Labute approximate surface area is 179 Å². The number of ether oxygens (including phenoxy) is 1. The summed E-state index contributed by atoms with van der Waals surface area (Å²) in [5, 5.41) is 3.61. The largest absolute Gasteiger partial charge is 0.492 e. The molecule has 1 amide bonds. The standard InChI is InChI=1S/C23H27N3O3S/c1-5-29-18-9-7-6-8-17(18)25-21(27)14(3)26-15(4)24-22-20(23(26)28)16-11-10-13(2)12-19(16)30-22/h6-9,13-14H,5,10-12H2,1-4H3,(H,25,27). The van der Waals surface area contributed by atoms with Gasteiger partial charge < -0.3 is 10.1 Å². The molecule has 2 atom stereocenters. The molecule has 0 saturated heterocycles. The number of rotatable bonds is 5. The zero-order valence-corrected chi connectivity index (χ0v) is 18.6. The molecule has 158 valence electrons. The Kier molecular flexibility index (Phi) is 5.64. The Morgan fingerprint density at radius 2 is 2.17 bits per heavy atom. The second kappa shape index (κ2) is 8.22. The predicted octanol–water partition coefficient (Wildman–Crippen LogP) is 4.49. The summed E-state index contributed by atoms with van der Waals surface area (Å²) in [6.07, 6.45) is 2.98. The Morgan fingerprint density at radius 3 is 2.93 bits per heavy atom. The summed E-state index contributed by atoms with van der Waals surface area (Å²) in [5.41, 5.74) is 1.61. The Balaban J connectivity index is 1.70. The molecule has 2 heterocycles. The van der Waals surface area contributed by atoms with Crippen molar-refractivity contribution in [2.75, 3.05) is 11.9 Å². The molecule has 3 aromatic rings. The van der Waals surface area contributed by atoms with Gasteiger partial charge in [-0.15, -0.1) is 11.3 Å². The van der Waals surface area contributed by atoms with Crippen LogP contribution in [0.25, 0.3) is 10.2 Å². The number of para-hydroxylation sites is 2. The number of carbonyl (C=O) groups excluding carboxylic acids is 1. The minimum absolute atomic E-state index is 0.120. The number of amides is 1. The average molecular weight is 426 g/mol. The van der Waals surface area contributed by atoms with E-state index in [0.29, 0.717) is 35.2 Å². The van der Waals surface area contributed by atoms with Gasteiger partial charge in [0.15, 0.2) is 0 Å². The Bertz CT molecular complexity index is 1160. The van der Waals surface area contributed by atoms with Crippen LogP contribution in [0.2, 0.25) is 0 Å². The number of fused-ring (bicyclic) bond motifs is 3. The summed E-state index contributed by atoms with van der Waals surface area (Å²) in [6.45, 7) is 8.18. The van der Waals surface area contributed by atoms with Crippen LogP contribution in [0.4, 0.5) is 5.69 Å². The molecule has 0 bridgehead atoms. The molecule has 0 saturated carbocycles. The first kappa shape index (κ1) is 20.6. The van der Waals surface area contributed by atoms with Gasteiger partial charge in [0, 0.05) is 4.88 Å². The summed E-state index contributed by atoms with van der Waals surface area (Å²) in [6, 6.07) is 6.61. The number of aryl methyl sites for hydroxylation is 2. The molecule has 2 aromatic heterocycles. The van der Waals surface area contributed by atoms with Crippen LogP contribution in [0.1, 0.15) is 49.5 Å². The molecule has 7 heteroatoms. The van der Waals surface area contributed by atoms with Crippen molar-refractivity contribution in [1.82, 2.24) is 9.55 Å². The second-order valence-electron chi connectivity index (χ2n) is 7.96. The normalized spacial score (nSPS) is 16.9. The van der Waals surface area contributed by atoms with Crippen LogP contribution in [0.5, 0.6) is 5.75 Å². The van der Waals surface area contributed by atoms with E-state index in [1.807, 2.05) is 25.1 Å². The zero-order chi connectivity index (χ0) is 21.4. The number of carbonyl (C=O) groups is 1. The van der Waals surface area contributed by atoms with E-state index in [1.54, 1.807) is 31.3 Å². The van der Waals surface area contributed by atoms with Crippen molar-refractivity contribution >= 4 is 33.1 Å². The van der Waals surface area contributed by atoms with Gasteiger partial charge in [-0.1, -0.05) is 19.1 Å². The van der Waals surface area contributed by atoms with Gasteiger partial charge in [0.05, 0.1) is 17.7 Å². The molecule has 1 aromatic carbocycles. The number of nitrogens with one attached hydrogen (secondary N) is 1. The van der Waals surface area contributed by atoms with Crippen molar-refractivity contribution in [1.29, 1.82) is 0 Å². The fraction of sp³-hybridized carbons (Fsp3) is 0.435. The first-order chi connectivity index (χ1) is 14.4. The lowest BCUT2D eigenvalue weighted by Crippen LogP contribution is -2.34. The minimum Gasteiger partial charge on any atom is -0.492 e. The second-order valence-corrected chi connectivity index (χ2v) is 9.04. The van der Waals surface area contributed by atoms with Gasteiger partial charge in [-0.25, -0.2) is 4.98 Å². The number of aromatic nitrogens is 2. The molecule has 1 aliphatic rings. The molecule has 2 unspecified atom stereocenters. The highest BCUT2D eigenvalue weighted by molar-refractivity contribution is 7.18. The maximum absolute atomic E-state index is 13.5. The van der Waals surface area contributed by atoms with Crippen LogP contribution in [0.3, 0.4) is 0 Å². The van der Waals surface area contributed by atoms with Crippen molar-refractivity contribution < 1.29 is 9.53 Å².